The van der Waals surface area contributed by atoms with Gasteiger partial charge in [-0.3, -0.25) is 0 Å². The number of nitrogens with one attached hydrogen (secondary N) is 1. The Morgan fingerprint density at radius 1 is 1.56 bits per heavy atom. The lowest BCUT2D eigenvalue weighted by atomic mass is 10.2. The largest absolute Gasteiger partial charge is 0.480 e. The minimum absolute atomic E-state index is 0.315. The van der Waals surface area contributed by atoms with Gasteiger partial charge in [-0.15, -0.1) is 0 Å². The monoisotopic (exact) mass is 257 g/mol. The van der Waals surface area contributed by atoms with Gasteiger partial charge in [0.15, 0.2) is 0 Å². The Labute approximate surface area is 108 Å². The highest BCUT2D eigenvalue weighted by atomic mass is 16.4. The Hall–Kier alpha value is -1.30. The maximum atomic E-state index is 11.8. The van der Waals surface area contributed by atoms with Crippen LogP contribution in [-0.2, 0) is 4.79 Å². The van der Waals surface area contributed by atoms with Crippen LogP contribution >= 0.6 is 0 Å². The molecule has 0 saturated carbocycles. The molecule has 2 amide bonds. The summed E-state index contributed by atoms with van der Waals surface area (Å²) in [5.74, 6) is -0.989. The van der Waals surface area contributed by atoms with Crippen LogP contribution in [0.15, 0.2) is 0 Å². The van der Waals surface area contributed by atoms with E-state index in [1.54, 1.807) is 18.9 Å². The third-order valence-corrected chi connectivity index (χ3v) is 3.51. The third-order valence-electron chi connectivity index (χ3n) is 3.51. The molecule has 1 rings (SSSR count). The van der Waals surface area contributed by atoms with Crippen molar-refractivity contribution < 1.29 is 14.7 Å². The number of hydrogen-bond donors (Lipinski definition) is 2. The van der Waals surface area contributed by atoms with E-state index in [2.05, 4.69) is 17.3 Å². The van der Waals surface area contributed by atoms with Gasteiger partial charge in [0.25, 0.3) is 0 Å². The molecule has 104 valence electrons. The predicted octanol–water partition coefficient (Wildman–Crippen LogP) is 0.585. The van der Waals surface area contributed by atoms with Crippen LogP contribution in [0.2, 0.25) is 0 Å². The van der Waals surface area contributed by atoms with Crippen molar-refractivity contribution in [2.45, 2.75) is 38.3 Å². The standard InChI is InChI=1S/C12H23N3O3/c1-4-10(11(16)17)13-12(18)15(3)8-9-6-5-7-14(9)2/h9-10H,4-8H2,1-3H3,(H,13,18)(H,16,17). The molecule has 6 heteroatoms. The molecule has 18 heavy (non-hydrogen) atoms. The quantitative estimate of drug-likeness (QED) is 0.756. The number of nitrogens with zero attached hydrogens (tertiary/aromatic N) is 2. The molecule has 0 aromatic carbocycles. The van der Waals surface area contributed by atoms with Gasteiger partial charge in [-0.2, -0.15) is 0 Å². The first-order valence-corrected chi connectivity index (χ1v) is 6.40. The molecule has 1 aliphatic heterocycles. The van der Waals surface area contributed by atoms with Gasteiger partial charge in [-0.05, 0) is 32.9 Å². The summed E-state index contributed by atoms with van der Waals surface area (Å²) in [5, 5.41) is 11.4. The summed E-state index contributed by atoms with van der Waals surface area (Å²) in [6.07, 6.45) is 2.63. The number of carbonyl (C=O) groups is 2. The smallest absolute Gasteiger partial charge is 0.326 e. The van der Waals surface area contributed by atoms with E-state index in [0.29, 0.717) is 19.0 Å². The Morgan fingerprint density at radius 2 is 2.22 bits per heavy atom. The highest BCUT2D eigenvalue weighted by Gasteiger charge is 2.25. The minimum atomic E-state index is -0.989. The average Bonchev–Trinajstić information content (AvgIpc) is 2.71. The van der Waals surface area contributed by atoms with Crippen LogP contribution in [0.1, 0.15) is 26.2 Å². The lowest BCUT2D eigenvalue weighted by molar-refractivity contribution is -0.139. The van der Waals surface area contributed by atoms with E-state index in [4.69, 9.17) is 5.11 Å². The normalized spacial score (nSPS) is 21.6. The van der Waals surface area contributed by atoms with Crippen LogP contribution in [0.5, 0.6) is 0 Å². The molecule has 0 aromatic heterocycles. The number of aliphatic carboxylic acids is 1. The van der Waals surface area contributed by atoms with Crippen LogP contribution in [-0.4, -0.2) is 66.2 Å². The van der Waals surface area contributed by atoms with Gasteiger partial charge in [0, 0.05) is 19.6 Å². The fraction of sp³-hybridized carbons (Fsp3) is 0.833. The fourth-order valence-electron chi connectivity index (χ4n) is 2.21. The van der Waals surface area contributed by atoms with Gasteiger partial charge in [0.1, 0.15) is 6.04 Å². The zero-order valence-corrected chi connectivity index (χ0v) is 11.3. The van der Waals surface area contributed by atoms with Gasteiger partial charge in [-0.1, -0.05) is 6.92 Å². The van der Waals surface area contributed by atoms with Crippen molar-refractivity contribution in [3.05, 3.63) is 0 Å². The Morgan fingerprint density at radius 3 is 2.67 bits per heavy atom. The van der Waals surface area contributed by atoms with E-state index in [1.807, 2.05) is 0 Å². The first-order valence-electron chi connectivity index (χ1n) is 6.40. The Bertz CT molecular complexity index is 309. The SMILES string of the molecule is CCC(NC(=O)N(C)CC1CCCN1C)C(=O)O. The molecule has 2 unspecified atom stereocenters. The second kappa shape index (κ2) is 6.58. The van der Waals surface area contributed by atoms with Crippen molar-refractivity contribution in [2.75, 3.05) is 27.2 Å². The molecule has 0 spiro atoms. The summed E-state index contributed by atoms with van der Waals surface area (Å²) in [6, 6.07) is -0.739. The van der Waals surface area contributed by atoms with Crippen molar-refractivity contribution in [3.8, 4) is 0 Å². The predicted molar refractivity (Wildman–Crippen MR) is 68.5 cm³/mol. The number of likely N-dealkylation sites (N-methyl/N-ethyl adjacent to an activating group) is 2. The van der Waals surface area contributed by atoms with E-state index in [1.165, 1.54) is 0 Å². The first-order chi connectivity index (χ1) is 8.45. The van der Waals surface area contributed by atoms with Crippen molar-refractivity contribution in [3.63, 3.8) is 0 Å². The number of amides is 2. The first kappa shape index (κ1) is 14.8. The molecule has 0 aromatic rings. The Kier molecular flexibility index (Phi) is 5.40. The number of carboxylic acids is 1. The van der Waals surface area contributed by atoms with Gasteiger partial charge in [-0.25, -0.2) is 9.59 Å². The second-order valence-corrected chi connectivity index (χ2v) is 4.91. The van der Waals surface area contributed by atoms with Gasteiger partial charge >= 0.3 is 12.0 Å². The minimum Gasteiger partial charge on any atom is -0.480 e. The lowest BCUT2D eigenvalue weighted by Crippen LogP contribution is -2.49. The summed E-state index contributed by atoms with van der Waals surface area (Å²) in [6.45, 7) is 3.44. The highest BCUT2D eigenvalue weighted by Crippen LogP contribution is 2.15. The van der Waals surface area contributed by atoms with Gasteiger partial charge < -0.3 is 20.2 Å². The topological polar surface area (TPSA) is 72.9 Å². The van der Waals surface area contributed by atoms with Crippen LogP contribution in [0.4, 0.5) is 4.79 Å². The summed E-state index contributed by atoms with van der Waals surface area (Å²) < 4.78 is 0. The van der Waals surface area contributed by atoms with Crippen LogP contribution < -0.4 is 5.32 Å². The lowest BCUT2D eigenvalue weighted by Gasteiger charge is -2.27. The fourth-order valence-corrected chi connectivity index (χ4v) is 2.21. The van der Waals surface area contributed by atoms with E-state index in [-0.39, 0.29) is 6.03 Å². The maximum Gasteiger partial charge on any atom is 0.326 e. The van der Waals surface area contributed by atoms with Crippen LogP contribution in [0.25, 0.3) is 0 Å². The zero-order valence-electron chi connectivity index (χ0n) is 11.3. The molecule has 0 bridgehead atoms. The molecule has 0 aliphatic carbocycles. The van der Waals surface area contributed by atoms with E-state index in [9.17, 15) is 9.59 Å². The van der Waals surface area contributed by atoms with Gasteiger partial charge in [0.05, 0.1) is 0 Å². The molecular weight excluding hydrogens is 234 g/mol. The van der Waals surface area contributed by atoms with Crippen molar-refractivity contribution in [1.82, 2.24) is 15.1 Å². The molecule has 6 nitrogen and oxygen atoms in total. The van der Waals surface area contributed by atoms with Crippen LogP contribution in [0.3, 0.4) is 0 Å². The number of carbonyl (C=O) groups excluding carboxylic acids is 1. The highest BCUT2D eigenvalue weighted by molar-refractivity contribution is 5.82. The number of hydrogen-bond acceptors (Lipinski definition) is 3. The van der Waals surface area contributed by atoms with Gasteiger partial charge in [0.2, 0.25) is 0 Å². The average molecular weight is 257 g/mol. The molecule has 1 saturated heterocycles. The second-order valence-electron chi connectivity index (χ2n) is 4.91. The zero-order chi connectivity index (χ0) is 13.7. The van der Waals surface area contributed by atoms with Crippen molar-refractivity contribution in [1.29, 1.82) is 0 Å². The molecule has 0 radical (unpaired) electrons. The molecule has 2 N–H and O–H groups in total. The van der Waals surface area contributed by atoms with Crippen molar-refractivity contribution in [2.24, 2.45) is 0 Å². The van der Waals surface area contributed by atoms with Crippen LogP contribution in [0, 0.1) is 0 Å². The number of rotatable bonds is 5. The third kappa shape index (κ3) is 3.87. The molecule has 2 atom stereocenters. The van der Waals surface area contributed by atoms with E-state index < -0.39 is 12.0 Å². The molecule has 1 heterocycles. The summed E-state index contributed by atoms with van der Waals surface area (Å²) in [7, 11) is 3.76. The maximum absolute atomic E-state index is 11.8. The Balaban J connectivity index is 2.43. The molecule has 1 aliphatic rings. The van der Waals surface area contributed by atoms with E-state index in [0.717, 1.165) is 19.4 Å². The summed E-state index contributed by atoms with van der Waals surface area (Å²) >= 11 is 0. The number of carboxylic acid groups (broad SMARTS) is 1. The number of urea groups is 1. The van der Waals surface area contributed by atoms with E-state index >= 15 is 0 Å². The molecular formula is C12H23N3O3. The van der Waals surface area contributed by atoms with Crippen molar-refractivity contribution >= 4 is 12.0 Å². The number of likely N-dealkylation sites (tertiary alicyclic amines) is 1. The summed E-state index contributed by atoms with van der Waals surface area (Å²) in [4.78, 5) is 26.5. The summed E-state index contributed by atoms with van der Waals surface area (Å²) in [5.41, 5.74) is 0. The molecule has 1 fully saturated rings.